The van der Waals surface area contributed by atoms with Gasteiger partial charge in [-0.05, 0) is 27.7 Å². The molecule has 124 valence electrons. The second kappa shape index (κ2) is 6.19. The fourth-order valence-corrected chi connectivity index (χ4v) is 2.42. The van der Waals surface area contributed by atoms with Crippen molar-refractivity contribution in [2.45, 2.75) is 39.8 Å². The highest BCUT2D eigenvalue weighted by Crippen LogP contribution is 2.20. The van der Waals surface area contributed by atoms with Crippen LogP contribution in [0.5, 0.6) is 0 Å². The maximum absolute atomic E-state index is 12.4. The Bertz CT molecular complexity index is 748. The van der Waals surface area contributed by atoms with Gasteiger partial charge in [0.05, 0.1) is 16.7 Å². The Kier molecular flexibility index (Phi) is 4.48. The number of rotatable bonds is 5. The lowest BCUT2D eigenvalue weighted by Gasteiger charge is -2.17. The third kappa shape index (κ3) is 3.38. The number of hydrogen-bond donors (Lipinski definition) is 1. The zero-order chi connectivity index (χ0) is 17.3. The lowest BCUT2D eigenvalue weighted by molar-refractivity contribution is -0.385. The molecule has 0 radical (unpaired) electrons. The van der Waals surface area contributed by atoms with Gasteiger partial charge in [-0.3, -0.25) is 24.3 Å². The summed E-state index contributed by atoms with van der Waals surface area (Å²) in [4.78, 5) is 22.7. The lowest BCUT2D eigenvalue weighted by Crippen LogP contribution is -2.33. The molecule has 1 amide bonds. The molecule has 2 rings (SSSR count). The Labute approximate surface area is 133 Å². The normalized spacial score (nSPS) is 13.6. The SMILES string of the molecule is Cc1nn(C)cc1C(C)NC(=O)C(C)n1cc([N+](=O)[O-])c(C)n1. The van der Waals surface area contributed by atoms with Crippen molar-refractivity contribution < 1.29 is 9.72 Å². The summed E-state index contributed by atoms with van der Waals surface area (Å²) in [6.45, 7) is 6.93. The quantitative estimate of drug-likeness (QED) is 0.664. The highest BCUT2D eigenvalue weighted by atomic mass is 16.6. The lowest BCUT2D eigenvalue weighted by atomic mass is 10.1. The molecule has 1 N–H and O–H groups in total. The van der Waals surface area contributed by atoms with Crippen LogP contribution in [0.3, 0.4) is 0 Å². The van der Waals surface area contributed by atoms with Crippen LogP contribution in [0, 0.1) is 24.0 Å². The molecular formula is C14H20N6O3. The number of nitro groups is 1. The summed E-state index contributed by atoms with van der Waals surface area (Å²) in [6, 6.07) is -0.868. The third-order valence-corrected chi connectivity index (χ3v) is 3.74. The van der Waals surface area contributed by atoms with Gasteiger partial charge in [0.2, 0.25) is 5.91 Å². The number of carbonyl (C=O) groups excluding carboxylic acids is 1. The van der Waals surface area contributed by atoms with E-state index in [4.69, 9.17) is 0 Å². The van der Waals surface area contributed by atoms with Crippen molar-refractivity contribution in [1.82, 2.24) is 24.9 Å². The number of aromatic nitrogens is 4. The summed E-state index contributed by atoms with van der Waals surface area (Å²) >= 11 is 0. The molecule has 0 saturated heterocycles. The second-order valence-corrected chi connectivity index (χ2v) is 5.59. The van der Waals surface area contributed by atoms with Crippen LogP contribution in [0.25, 0.3) is 0 Å². The summed E-state index contributed by atoms with van der Waals surface area (Å²) in [5.74, 6) is -0.266. The minimum Gasteiger partial charge on any atom is -0.348 e. The molecule has 23 heavy (non-hydrogen) atoms. The van der Waals surface area contributed by atoms with Crippen LogP contribution in [-0.4, -0.2) is 30.4 Å². The van der Waals surface area contributed by atoms with Gasteiger partial charge >= 0.3 is 5.69 Å². The summed E-state index contributed by atoms with van der Waals surface area (Å²) in [5.41, 5.74) is 1.96. The molecule has 0 aliphatic carbocycles. The molecule has 9 nitrogen and oxygen atoms in total. The van der Waals surface area contributed by atoms with E-state index in [0.717, 1.165) is 11.3 Å². The van der Waals surface area contributed by atoms with Crippen LogP contribution in [0.2, 0.25) is 0 Å². The van der Waals surface area contributed by atoms with Gasteiger partial charge in [-0.25, -0.2) is 0 Å². The van der Waals surface area contributed by atoms with Gasteiger partial charge in [-0.15, -0.1) is 0 Å². The Morgan fingerprint density at radius 1 is 1.26 bits per heavy atom. The van der Waals surface area contributed by atoms with Crippen molar-refractivity contribution in [2.24, 2.45) is 7.05 Å². The first kappa shape index (κ1) is 16.7. The van der Waals surface area contributed by atoms with Crippen LogP contribution in [0.1, 0.15) is 42.9 Å². The highest BCUT2D eigenvalue weighted by Gasteiger charge is 2.24. The molecule has 0 aliphatic heterocycles. The highest BCUT2D eigenvalue weighted by molar-refractivity contribution is 5.80. The summed E-state index contributed by atoms with van der Waals surface area (Å²) in [6.07, 6.45) is 3.13. The van der Waals surface area contributed by atoms with E-state index >= 15 is 0 Å². The number of nitrogens with one attached hydrogen (secondary N) is 1. The molecule has 2 heterocycles. The predicted octanol–water partition coefficient (Wildman–Crippen LogP) is 1.58. The topological polar surface area (TPSA) is 108 Å². The average molecular weight is 320 g/mol. The van der Waals surface area contributed by atoms with Crippen molar-refractivity contribution in [3.05, 3.63) is 39.5 Å². The van der Waals surface area contributed by atoms with Crippen molar-refractivity contribution in [3.8, 4) is 0 Å². The molecule has 0 saturated carbocycles. The molecule has 9 heteroatoms. The summed E-state index contributed by atoms with van der Waals surface area (Å²) < 4.78 is 3.00. The molecule has 2 atom stereocenters. The second-order valence-electron chi connectivity index (χ2n) is 5.59. The van der Waals surface area contributed by atoms with Gasteiger partial charge in [0.15, 0.2) is 0 Å². The number of hydrogen-bond acceptors (Lipinski definition) is 5. The van der Waals surface area contributed by atoms with Crippen LogP contribution in [-0.2, 0) is 11.8 Å². The van der Waals surface area contributed by atoms with Gasteiger partial charge in [0.25, 0.3) is 0 Å². The minimum absolute atomic E-state index is 0.0965. The van der Waals surface area contributed by atoms with Gasteiger partial charge in [0.1, 0.15) is 17.9 Å². The molecule has 2 aromatic heterocycles. The van der Waals surface area contributed by atoms with Gasteiger partial charge in [-0.1, -0.05) is 0 Å². The van der Waals surface area contributed by atoms with Crippen LogP contribution >= 0.6 is 0 Å². The van der Waals surface area contributed by atoms with E-state index < -0.39 is 11.0 Å². The van der Waals surface area contributed by atoms with Gasteiger partial charge < -0.3 is 5.32 Å². The van der Waals surface area contributed by atoms with Crippen molar-refractivity contribution in [1.29, 1.82) is 0 Å². The predicted molar refractivity (Wildman–Crippen MR) is 82.8 cm³/mol. The molecule has 0 bridgehead atoms. The summed E-state index contributed by atoms with van der Waals surface area (Å²) in [7, 11) is 1.82. The van der Waals surface area contributed by atoms with E-state index in [2.05, 4.69) is 15.5 Å². The first-order valence-electron chi connectivity index (χ1n) is 7.21. The standard InChI is InChI=1S/C14H20N6O3/c1-8(12-6-18(5)16-9(12)2)15-14(21)11(4)19-7-13(20(22)23)10(3)17-19/h6-8,11H,1-5H3,(H,15,21). The zero-order valence-electron chi connectivity index (χ0n) is 13.8. The molecule has 0 aromatic carbocycles. The number of aryl methyl sites for hydroxylation is 3. The summed E-state index contributed by atoms with van der Waals surface area (Å²) in [5, 5.41) is 22.1. The fourth-order valence-electron chi connectivity index (χ4n) is 2.42. The number of carbonyl (C=O) groups is 1. The third-order valence-electron chi connectivity index (χ3n) is 3.74. The first-order valence-corrected chi connectivity index (χ1v) is 7.21. The Morgan fingerprint density at radius 2 is 1.91 bits per heavy atom. The van der Waals surface area contributed by atoms with E-state index in [0.29, 0.717) is 0 Å². The van der Waals surface area contributed by atoms with Gasteiger partial charge in [-0.2, -0.15) is 10.2 Å². The smallest absolute Gasteiger partial charge is 0.309 e. The van der Waals surface area contributed by atoms with Crippen molar-refractivity contribution >= 4 is 11.6 Å². The van der Waals surface area contributed by atoms with Gasteiger partial charge in [0, 0.05) is 18.8 Å². The first-order chi connectivity index (χ1) is 10.7. The molecule has 2 aromatic rings. The zero-order valence-corrected chi connectivity index (χ0v) is 13.8. The monoisotopic (exact) mass is 320 g/mol. The Morgan fingerprint density at radius 3 is 2.39 bits per heavy atom. The molecular weight excluding hydrogens is 300 g/mol. The van der Waals surface area contributed by atoms with Crippen molar-refractivity contribution in [2.75, 3.05) is 0 Å². The van der Waals surface area contributed by atoms with Crippen molar-refractivity contribution in [3.63, 3.8) is 0 Å². The minimum atomic E-state index is -0.651. The van der Waals surface area contributed by atoms with E-state index in [-0.39, 0.29) is 23.3 Å². The molecule has 0 spiro atoms. The van der Waals surface area contributed by atoms with E-state index in [1.807, 2.05) is 27.1 Å². The Hall–Kier alpha value is -2.71. The number of amides is 1. The largest absolute Gasteiger partial charge is 0.348 e. The van der Waals surface area contributed by atoms with E-state index in [1.54, 1.807) is 18.5 Å². The number of nitrogens with zero attached hydrogens (tertiary/aromatic N) is 5. The maximum Gasteiger partial charge on any atom is 0.309 e. The molecule has 2 unspecified atom stereocenters. The van der Waals surface area contributed by atoms with E-state index in [9.17, 15) is 14.9 Å². The Balaban J connectivity index is 2.12. The van der Waals surface area contributed by atoms with E-state index in [1.165, 1.54) is 10.9 Å². The molecule has 0 fully saturated rings. The molecule has 0 aliphatic rings. The maximum atomic E-state index is 12.4. The van der Waals surface area contributed by atoms with Crippen LogP contribution < -0.4 is 5.32 Å². The fraction of sp³-hybridized carbons (Fsp3) is 0.500. The van der Waals surface area contributed by atoms with Crippen LogP contribution in [0.15, 0.2) is 12.4 Å². The van der Waals surface area contributed by atoms with Crippen LogP contribution in [0.4, 0.5) is 5.69 Å². The average Bonchev–Trinajstić information content (AvgIpc) is 3.00.